The fourth-order valence-electron chi connectivity index (χ4n) is 1.54. The third-order valence-corrected chi connectivity index (χ3v) is 2.50. The molecule has 0 fully saturated rings. The van der Waals surface area contributed by atoms with Gasteiger partial charge >= 0.3 is 0 Å². The van der Waals surface area contributed by atoms with Crippen molar-refractivity contribution < 1.29 is 0 Å². The SMILES string of the molecule is C=C=CCCCCC=CCCCCCC. The van der Waals surface area contributed by atoms with Crippen LogP contribution in [0.2, 0.25) is 0 Å². The molecule has 0 aliphatic heterocycles. The van der Waals surface area contributed by atoms with Gasteiger partial charge in [-0.1, -0.05) is 44.9 Å². The van der Waals surface area contributed by atoms with Crippen molar-refractivity contribution in [2.24, 2.45) is 0 Å². The first-order valence-corrected chi connectivity index (χ1v) is 6.41. The fourth-order valence-corrected chi connectivity index (χ4v) is 1.54. The first-order valence-electron chi connectivity index (χ1n) is 6.41. The highest BCUT2D eigenvalue weighted by Gasteiger charge is 1.85. The molecule has 86 valence electrons. The van der Waals surface area contributed by atoms with Crippen molar-refractivity contribution in [2.75, 3.05) is 0 Å². The van der Waals surface area contributed by atoms with Gasteiger partial charge in [0.25, 0.3) is 0 Å². The minimum Gasteiger partial charge on any atom is -0.133 e. The van der Waals surface area contributed by atoms with E-state index in [9.17, 15) is 0 Å². The molecule has 0 nitrogen and oxygen atoms in total. The Morgan fingerprint density at radius 3 is 2.07 bits per heavy atom. The lowest BCUT2D eigenvalue weighted by molar-refractivity contribution is 0.673. The summed E-state index contributed by atoms with van der Waals surface area (Å²) in [6, 6.07) is 0. The van der Waals surface area contributed by atoms with Gasteiger partial charge in [-0.3, -0.25) is 0 Å². The molecule has 0 bridgehead atoms. The van der Waals surface area contributed by atoms with Crippen molar-refractivity contribution in [3.8, 4) is 0 Å². The van der Waals surface area contributed by atoms with Crippen LogP contribution in [-0.2, 0) is 0 Å². The fraction of sp³-hybridized carbons (Fsp3) is 0.667. The minimum absolute atomic E-state index is 1.13. The maximum absolute atomic E-state index is 3.55. The maximum atomic E-state index is 3.55. The lowest BCUT2D eigenvalue weighted by Crippen LogP contribution is -1.75. The van der Waals surface area contributed by atoms with Crippen LogP contribution in [0, 0.1) is 0 Å². The van der Waals surface area contributed by atoms with E-state index in [1.54, 1.807) is 0 Å². The number of hydrogen-bond acceptors (Lipinski definition) is 0. The Kier molecular flexibility index (Phi) is 12.6. The summed E-state index contributed by atoms with van der Waals surface area (Å²) in [6.07, 6.45) is 18.4. The minimum atomic E-state index is 1.13. The second-order valence-corrected chi connectivity index (χ2v) is 4.01. The molecular formula is C15H26. The Labute approximate surface area is 95.8 Å². The van der Waals surface area contributed by atoms with Crippen molar-refractivity contribution in [3.63, 3.8) is 0 Å². The Morgan fingerprint density at radius 1 is 0.867 bits per heavy atom. The smallest absolute Gasteiger partial charge is 0.0274 e. The Hall–Kier alpha value is -0.740. The molecule has 0 atom stereocenters. The van der Waals surface area contributed by atoms with Gasteiger partial charge in [0, 0.05) is 0 Å². The molecule has 0 heterocycles. The lowest BCUT2D eigenvalue weighted by Gasteiger charge is -1.95. The van der Waals surface area contributed by atoms with E-state index in [4.69, 9.17) is 0 Å². The van der Waals surface area contributed by atoms with Gasteiger partial charge < -0.3 is 0 Å². The summed E-state index contributed by atoms with van der Waals surface area (Å²) in [6.45, 7) is 5.81. The molecule has 0 saturated heterocycles. The van der Waals surface area contributed by atoms with Gasteiger partial charge in [-0.25, -0.2) is 0 Å². The summed E-state index contributed by atoms with van der Waals surface area (Å²) < 4.78 is 0. The van der Waals surface area contributed by atoms with Crippen LogP contribution in [0.5, 0.6) is 0 Å². The van der Waals surface area contributed by atoms with E-state index < -0.39 is 0 Å². The number of hydrogen-bond donors (Lipinski definition) is 0. The zero-order chi connectivity index (χ0) is 11.2. The summed E-state index contributed by atoms with van der Waals surface area (Å²) in [4.78, 5) is 0. The second-order valence-electron chi connectivity index (χ2n) is 4.01. The molecule has 0 unspecified atom stereocenters. The van der Waals surface area contributed by atoms with Crippen LogP contribution in [0.3, 0.4) is 0 Å². The molecule has 0 aromatic carbocycles. The second kappa shape index (κ2) is 13.3. The highest BCUT2D eigenvalue weighted by molar-refractivity contribution is 4.82. The number of unbranched alkanes of at least 4 members (excludes halogenated alkanes) is 7. The van der Waals surface area contributed by atoms with E-state index in [-0.39, 0.29) is 0 Å². The topological polar surface area (TPSA) is 0 Å². The van der Waals surface area contributed by atoms with Crippen molar-refractivity contribution in [1.29, 1.82) is 0 Å². The zero-order valence-electron chi connectivity index (χ0n) is 10.3. The average molecular weight is 206 g/mol. The predicted octanol–water partition coefficient (Wildman–Crippen LogP) is 5.41. The first-order chi connectivity index (χ1) is 7.41. The standard InChI is InChI=1S/C15H26/c1-3-5-7-9-11-13-15-14-12-10-8-6-4-2/h5,14-15H,1,4,6-13H2,2H3. The van der Waals surface area contributed by atoms with E-state index in [0.717, 1.165) is 6.42 Å². The normalized spacial score (nSPS) is 10.5. The van der Waals surface area contributed by atoms with Crippen molar-refractivity contribution >= 4 is 0 Å². The molecule has 0 heteroatoms. The molecule has 0 spiro atoms. The van der Waals surface area contributed by atoms with E-state index >= 15 is 0 Å². The van der Waals surface area contributed by atoms with Gasteiger partial charge in [0.2, 0.25) is 0 Å². The Balaban J connectivity index is 3.07. The molecule has 0 amide bonds. The monoisotopic (exact) mass is 206 g/mol. The van der Waals surface area contributed by atoms with Crippen LogP contribution in [0.15, 0.2) is 30.5 Å². The quantitative estimate of drug-likeness (QED) is 0.254. The summed E-state index contributed by atoms with van der Waals surface area (Å²) in [7, 11) is 0. The van der Waals surface area contributed by atoms with Crippen molar-refractivity contribution in [2.45, 2.75) is 64.7 Å². The largest absolute Gasteiger partial charge is 0.133 e. The molecule has 0 aromatic heterocycles. The summed E-state index contributed by atoms with van der Waals surface area (Å²) in [5.74, 6) is 0. The number of rotatable bonds is 10. The van der Waals surface area contributed by atoms with Crippen molar-refractivity contribution in [1.82, 2.24) is 0 Å². The van der Waals surface area contributed by atoms with Gasteiger partial charge in [0.05, 0.1) is 0 Å². The summed E-state index contributed by atoms with van der Waals surface area (Å²) >= 11 is 0. The average Bonchev–Trinajstić information content (AvgIpc) is 2.26. The van der Waals surface area contributed by atoms with Gasteiger partial charge in [0.15, 0.2) is 0 Å². The van der Waals surface area contributed by atoms with Gasteiger partial charge in [-0.2, -0.15) is 0 Å². The molecule has 0 rings (SSSR count). The molecule has 15 heavy (non-hydrogen) atoms. The maximum Gasteiger partial charge on any atom is -0.0274 e. The number of allylic oxidation sites excluding steroid dienone is 3. The van der Waals surface area contributed by atoms with Crippen LogP contribution in [0.1, 0.15) is 64.7 Å². The third-order valence-electron chi connectivity index (χ3n) is 2.50. The van der Waals surface area contributed by atoms with E-state index in [1.165, 1.54) is 51.4 Å². The molecule has 0 aliphatic carbocycles. The molecule has 0 aromatic rings. The van der Waals surface area contributed by atoms with Crippen LogP contribution in [-0.4, -0.2) is 0 Å². The highest BCUT2D eigenvalue weighted by atomic mass is 13.9. The molecule has 0 N–H and O–H groups in total. The Bertz CT molecular complexity index is 182. The lowest BCUT2D eigenvalue weighted by atomic mass is 10.1. The van der Waals surface area contributed by atoms with Crippen LogP contribution >= 0.6 is 0 Å². The predicted molar refractivity (Wildman–Crippen MR) is 70.1 cm³/mol. The Morgan fingerprint density at radius 2 is 1.47 bits per heavy atom. The van der Waals surface area contributed by atoms with Crippen LogP contribution in [0.4, 0.5) is 0 Å². The zero-order valence-corrected chi connectivity index (χ0v) is 10.3. The van der Waals surface area contributed by atoms with Crippen LogP contribution < -0.4 is 0 Å². The summed E-state index contributed by atoms with van der Waals surface area (Å²) in [5, 5.41) is 0. The van der Waals surface area contributed by atoms with Gasteiger partial charge in [-0.05, 0) is 44.6 Å². The summed E-state index contributed by atoms with van der Waals surface area (Å²) in [5.41, 5.74) is 2.81. The molecule has 0 saturated carbocycles. The third kappa shape index (κ3) is 13.3. The molecule has 0 radical (unpaired) electrons. The van der Waals surface area contributed by atoms with E-state index in [2.05, 4.69) is 31.4 Å². The van der Waals surface area contributed by atoms with E-state index in [0.29, 0.717) is 0 Å². The van der Waals surface area contributed by atoms with Crippen LogP contribution in [0.25, 0.3) is 0 Å². The van der Waals surface area contributed by atoms with Gasteiger partial charge in [-0.15, -0.1) is 5.73 Å². The van der Waals surface area contributed by atoms with Gasteiger partial charge in [0.1, 0.15) is 0 Å². The first kappa shape index (κ1) is 14.3. The molecular weight excluding hydrogens is 180 g/mol. The molecule has 0 aliphatic rings. The van der Waals surface area contributed by atoms with Crippen molar-refractivity contribution in [3.05, 3.63) is 30.5 Å². The highest BCUT2D eigenvalue weighted by Crippen LogP contribution is 2.05. The van der Waals surface area contributed by atoms with E-state index in [1.807, 2.05) is 6.08 Å².